The number of halogens is 2. The fourth-order valence-corrected chi connectivity index (χ4v) is 4.67. The lowest BCUT2D eigenvalue weighted by molar-refractivity contribution is 0.580. The van der Waals surface area contributed by atoms with Gasteiger partial charge in [0.15, 0.2) is 0 Å². The van der Waals surface area contributed by atoms with Gasteiger partial charge in [-0.05, 0) is 40.2 Å². The Balaban J connectivity index is 2.28. The minimum absolute atomic E-state index is 0.0247. The molecule has 1 heterocycles. The Bertz CT molecular complexity index is 698. The van der Waals surface area contributed by atoms with Crippen LogP contribution in [0.2, 0.25) is 0 Å². The standard InChI is InChI=1S/C12H11Br2N3O2S/c13-8-5-10(14)12(11(15)6-8)20(18,19)17-7-9-3-1-2-4-16-9/h1-6,17H,7,15H2. The monoisotopic (exact) mass is 419 g/mol. The van der Waals surface area contributed by atoms with E-state index in [1.165, 1.54) is 0 Å². The van der Waals surface area contributed by atoms with Crippen molar-refractivity contribution in [2.24, 2.45) is 0 Å². The van der Waals surface area contributed by atoms with Crippen LogP contribution in [0.5, 0.6) is 0 Å². The smallest absolute Gasteiger partial charge is 0.244 e. The summed E-state index contributed by atoms with van der Waals surface area (Å²) < 4.78 is 28.2. The van der Waals surface area contributed by atoms with E-state index in [1.807, 2.05) is 0 Å². The zero-order chi connectivity index (χ0) is 14.8. The minimum atomic E-state index is -3.72. The van der Waals surface area contributed by atoms with Crippen LogP contribution >= 0.6 is 31.9 Å². The number of aromatic nitrogens is 1. The molecular formula is C12H11Br2N3O2S. The third-order valence-electron chi connectivity index (χ3n) is 2.48. The number of rotatable bonds is 4. The highest BCUT2D eigenvalue weighted by Gasteiger charge is 2.21. The van der Waals surface area contributed by atoms with Crippen LogP contribution in [0.4, 0.5) is 5.69 Å². The summed E-state index contributed by atoms with van der Waals surface area (Å²) in [6, 6.07) is 8.47. The maximum absolute atomic E-state index is 12.3. The summed E-state index contributed by atoms with van der Waals surface area (Å²) >= 11 is 6.47. The summed E-state index contributed by atoms with van der Waals surface area (Å²) in [6.07, 6.45) is 1.60. The zero-order valence-corrected chi connectivity index (χ0v) is 14.2. The molecule has 2 rings (SSSR count). The Kier molecular flexibility index (Phi) is 4.79. The van der Waals surface area contributed by atoms with Gasteiger partial charge in [0.05, 0.1) is 17.9 Å². The summed E-state index contributed by atoms with van der Waals surface area (Å²) in [4.78, 5) is 4.08. The highest BCUT2D eigenvalue weighted by atomic mass is 79.9. The largest absolute Gasteiger partial charge is 0.398 e. The lowest BCUT2D eigenvalue weighted by atomic mass is 10.3. The molecule has 0 bridgehead atoms. The van der Waals surface area contributed by atoms with Gasteiger partial charge in [0.25, 0.3) is 0 Å². The van der Waals surface area contributed by atoms with Gasteiger partial charge in [0, 0.05) is 15.1 Å². The first-order valence-corrected chi connectivity index (χ1v) is 8.61. The van der Waals surface area contributed by atoms with Crippen LogP contribution in [-0.4, -0.2) is 13.4 Å². The third-order valence-corrected chi connectivity index (χ3v) is 5.34. The molecule has 0 atom stereocenters. The molecule has 1 aromatic heterocycles. The molecule has 0 aliphatic rings. The van der Waals surface area contributed by atoms with E-state index in [1.54, 1.807) is 36.5 Å². The second kappa shape index (κ2) is 6.21. The van der Waals surface area contributed by atoms with Gasteiger partial charge in [0.1, 0.15) is 4.90 Å². The van der Waals surface area contributed by atoms with Crippen molar-refractivity contribution in [2.45, 2.75) is 11.4 Å². The summed E-state index contributed by atoms with van der Waals surface area (Å²) in [7, 11) is -3.72. The molecule has 5 nitrogen and oxygen atoms in total. The number of anilines is 1. The molecule has 106 valence electrons. The Hall–Kier alpha value is -0.960. The molecule has 0 aliphatic heterocycles. The number of sulfonamides is 1. The average molecular weight is 421 g/mol. The van der Waals surface area contributed by atoms with E-state index < -0.39 is 10.0 Å². The molecule has 0 spiro atoms. The summed E-state index contributed by atoms with van der Waals surface area (Å²) in [6.45, 7) is 0.102. The Labute approximate surface area is 133 Å². The van der Waals surface area contributed by atoms with Crippen molar-refractivity contribution in [1.29, 1.82) is 0 Å². The number of hydrogen-bond donors (Lipinski definition) is 2. The minimum Gasteiger partial charge on any atom is -0.398 e. The average Bonchev–Trinajstić information content (AvgIpc) is 2.36. The number of nitrogen functional groups attached to an aromatic ring is 1. The van der Waals surface area contributed by atoms with Crippen LogP contribution in [0.25, 0.3) is 0 Å². The number of pyridine rings is 1. The molecule has 2 aromatic rings. The van der Waals surface area contributed by atoms with Crippen molar-refractivity contribution >= 4 is 47.6 Å². The van der Waals surface area contributed by atoms with Crippen molar-refractivity contribution in [3.63, 3.8) is 0 Å². The summed E-state index contributed by atoms with van der Waals surface area (Å²) in [5.74, 6) is 0. The first-order valence-electron chi connectivity index (χ1n) is 5.54. The molecule has 0 amide bonds. The number of nitrogens with two attached hydrogens (primary N) is 1. The van der Waals surface area contributed by atoms with Crippen LogP contribution < -0.4 is 10.5 Å². The SMILES string of the molecule is Nc1cc(Br)cc(Br)c1S(=O)(=O)NCc1ccccn1. The van der Waals surface area contributed by atoms with E-state index in [0.717, 1.165) is 0 Å². The van der Waals surface area contributed by atoms with Crippen LogP contribution in [0.3, 0.4) is 0 Å². The molecule has 0 saturated carbocycles. The van der Waals surface area contributed by atoms with E-state index in [9.17, 15) is 8.42 Å². The lowest BCUT2D eigenvalue weighted by Crippen LogP contribution is -2.25. The summed E-state index contributed by atoms with van der Waals surface area (Å²) in [5, 5.41) is 0. The lowest BCUT2D eigenvalue weighted by Gasteiger charge is -2.11. The fourth-order valence-electron chi connectivity index (χ4n) is 1.61. The van der Waals surface area contributed by atoms with E-state index in [4.69, 9.17) is 5.73 Å². The molecule has 8 heteroatoms. The van der Waals surface area contributed by atoms with E-state index in [2.05, 4.69) is 41.6 Å². The number of nitrogens with zero attached hydrogens (tertiary/aromatic N) is 1. The van der Waals surface area contributed by atoms with Gasteiger partial charge in [-0.15, -0.1) is 0 Å². The van der Waals surface area contributed by atoms with Crippen LogP contribution in [0.15, 0.2) is 50.4 Å². The van der Waals surface area contributed by atoms with Gasteiger partial charge in [-0.25, -0.2) is 13.1 Å². The van der Waals surface area contributed by atoms with Gasteiger partial charge in [0.2, 0.25) is 10.0 Å². The van der Waals surface area contributed by atoms with E-state index >= 15 is 0 Å². The van der Waals surface area contributed by atoms with Gasteiger partial charge in [-0.2, -0.15) is 0 Å². The summed E-state index contributed by atoms with van der Waals surface area (Å²) in [5.41, 5.74) is 6.58. The maximum atomic E-state index is 12.3. The second-order valence-electron chi connectivity index (χ2n) is 3.95. The topological polar surface area (TPSA) is 85.1 Å². The molecule has 0 fully saturated rings. The van der Waals surface area contributed by atoms with Gasteiger partial charge in [-0.3, -0.25) is 4.98 Å². The zero-order valence-electron chi connectivity index (χ0n) is 10.2. The highest BCUT2D eigenvalue weighted by molar-refractivity contribution is 9.11. The highest BCUT2D eigenvalue weighted by Crippen LogP contribution is 2.31. The van der Waals surface area contributed by atoms with Crippen molar-refractivity contribution in [1.82, 2.24) is 9.71 Å². The van der Waals surface area contributed by atoms with E-state index in [0.29, 0.717) is 14.6 Å². The molecule has 0 saturated heterocycles. The van der Waals surface area contributed by atoms with E-state index in [-0.39, 0.29) is 17.1 Å². The van der Waals surface area contributed by atoms with Gasteiger partial charge >= 0.3 is 0 Å². The van der Waals surface area contributed by atoms with Crippen molar-refractivity contribution in [3.05, 3.63) is 51.2 Å². The Morgan fingerprint density at radius 3 is 2.60 bits per heavy atom. The second-order valence-corrected chi connectivity index (χ2v) is 7.43. The first-order chi connectivity index (χ1) is 9.40. The molecule has 0 unspecified atom stereocenters. The third kappa shape index (κ3) is 3.57. The van der Waals surface area contributed by atoms with Crippen molar-refractivity contribution in [3.8, 4) is 0 Å². The van der Waals surface area contributed by atoms with Gasteiger partial charge < -0.3 is 5.73 Å². The van der Waals surface area contributed by atoms with Crippen LogP contribution in [0, 0.1) is 0 Å². The Morgan fingerprint density at radius 1 is 1.25 bits per heavy atom. The number of benzene rings is 1. The predicted octanol–water partition coefficient (Wildman–Crippen LogP) is 2.67. The molecule has 1 aromatic carbocycles. The molecule has 0 radical (unpaired) electrons. The predicted molar refractivity (Wildman–Crippen MR) is 84.5 cm³/mol. The number of hydrogen-bond acceptors (Lipinski definition) is 4. The molecule has 3 N–H and O–H groups in total. The fraction of sp³-hybridized carbons (Fsp3) is 0.0833. The van der Waals surface area contributed by atoms with Gasteiger partial charge in [-0.1, -0.05) is 22.0 Å². The van der Waals surface area contributed by atoms with Crippen molar-refractivity contribution in [2.75, 3.05) is 5.73 Å². The van der Waals surface area contributed by atoms with Crippen LogP contribution in [0.1, 0.15) is 5.69 Å². The van der Waals surface area contributed by atoms with Crippen molar-refractivity contribution < 1.29 is 8.42 Å². The normalized spacial score (nSPS) is 11.5. The quantitative estimate of drug-likeness (QED) is 0.744. The molecular weight excluding hydrogens is 410 g/mol. The Morgan fingerprint density at radius 2 is 2.00 bits per heavy atom. The van der Waals surface area contributed by atoms with Crippen LogP contribution in [-0.2, 0) is 16.6 Å². The molecule has 20 heavy (non-hydrogen) atoms. The number of nitrogens with one attached hydrogen (secondary N) is 1. The maximum Gasteiger partial charge on any atom is 0.244 e. The first kappa shape index (κ1) is 15.4. The molecule has 0 aliphatic carbocycles.